The molecule has 0 amide bonds. The van der Waals surface area contributed by atoms with Gasteiger partial charge in [-0.3, -0.25) is 0 Å². The summed E-state index contributed by atoms with van der Waals surface area (Å²) in [6.07, 6.45) is 18.7. The Labute approximate surface area is 181 Å². The second kappa shape index (κ2) is 8.33. The minimum absolute atomic E-state index is 0.472. The Morgan fingerprint density at radius 2 is 1.79 bits per heavy atom. The van der Waals surface area contributed by atoms with Crippen LogP contribution in [0.1, 0.15) is 105 Å². The van der Waals surface area contributed by atoms with Crippen molar-refractivity contribution < 1.29 is 4.74 Å². The molecule has 1 unspecified atom stereocenters. The minimum Gasteiger partial charge on any atom is -0.381 e. The molecule has 0 saturated heterocycles. The summed E-state index contributed by atoms with van der Waals surface area (Å²) in [6.45, 7) is 12.7. The molecule has 1 heteroatoms. The lowest BCUT2D eigenvalue weighted by Gasteiger charge is -2.58. The molecule has 1 nitrogen and oxygen atoms in total. The second-order valence-electron chi connectivity index (χ2n) is 12.4. The third kappa shape index (κ3) is 3.77. The zero-order chi connectivity index (χ0) is 20.8. The van der Waals surface area contributed by atoms with Crippen molar-refractivity contribution in [1.29, 1.82) is 0 Å². The lowest BCUT2D eigenvalue weighted by atomic mass is 9.47. The monoisotopic (exact) mass is 400 g/mol. The van der Waals surface area contributed by atoms with Crippen LogP contribution in [0.25, 0.3) is 0 Å². The van der Waals surface area contributed by atoms with Crippen LogP contribution < -0.4 is 0 Å². The predicted molar refractivity (Wildman–Crippen MR) is 124 cm³/mol. The molecule has 0 aromatic carbocycles. The highest BCUT2D eigenvalue weighted by atomic mass is 16.5. The van der Waals surface area contributed by atoms with Crippen LogP contribution in [0.5, 0.6) is 0 Å². The third-order valence-corrected chi connectivity index (χ3v) is 10.6. The molecule has 3 saturated carbocycles. The van der Waals surface area contributed by atoms with Gasteiger partial charge < -0.3 is 4.74 Å². The molecule has 8 atom stereocenters. The smallest absolute Gasteiger partial charge is 0.0608 e. The molecule has 0 aromatic heterocycles. The molecular formula is C28H48O. The van der Waals surface area contributed by atoms with Crippen molar-refractivity contribution >= 4 is 0 Å². The van der Waals surface area contributed by atoms with Crippen molar-refractivity contribution in [2.45, 2.75) is 111 Å². The standard InChI is InChI=1S/C28H48O/c1-19(2)8-7-9-20(3)24-12-13-25-23-11-10-21-18-22(29-6)14-16-27(21,4)26(23)15-17-28(24,25)5/h10,19-20,22-26H,7-9,11-18H2,1-6H3/t20-,22?,23+,24-,25+,26+,27+,28-/m1/s1. The van der Waals surface area contributed by atoms with Gasteiger partial charge in [0.15, 0.2) is 0 Å². The number of methoxy groups -OCH3 is 1. The van der Waals surface area contributed by atoms with Crippen LogP contribution in [0.15, 0.2) is 11.6 Å². The fraction of sp³-hybridized carbons (Fsp3) is 0.929. The van der Waals surface area contributed by atoms with Crippen LogP contribution in [-0.2, 0) is 4.74 Å². The van der Waals surface area contributed by atoms with E-state index in [-0.39, 0.29) is 0 Å². The molecule has 4 aliphatic carbocycles. The maximum Gasteiger partial charge on any atom is 0.0608 e. The number of ether oxygens (including phenoxy) is 1. The molecule has 0 bridgehead atoms. The van der Waals surface area contributed by atoms with Crippen LogP contribution in [0.4, 0.5) is 0 Å². The summed E-state index contributed by atoms with van der Waals surface area (Å²) in [6, 6.07) is 0. The third-order valence-electron chi connectivity index (χ3n) is 10.6. The maximum atomic E-state index is 5.75. The van der Waals surface area contributed by atoms with Gasteiger partial charge in [-0.25, -0.2) is 0 Å². The van der Waals surface area contributed by atoms with Gasteiger partial charge in [0.2, 0.25) is 0 Å². The van der Waals surface area contributed by atoms with Gasteiger partial charge in [-0.05, 0) is 97.7 Å². The number of fused-ring (bicyclic) bond motifs is 5. The minimum atomic E-state index is 0.472. The Morgan fingerprint density at radius 1 is 1.00 bits per heavy atom. The van der Waals surface area contributed by atoms with Crippen molar-refractivity contribution in [3.8, 4) is 0 Å². The average molecular weight is 401 g/mol. The van der Waals surface area contributed by atoms with E-state index in [0.29, 0.717) is 16.9 Å². The fourth-order valence-electron chi connectivity index (χ4n) is 8.85. The molecule has 0 aromatic rings. The van der Waals surface area contributed by atoms with Crippen molar-refractivity contribution in [3.63, 3.8) is 0 Å². The van der Waals surface area contributed by atoms with Gasteiger partial charge in [-0.15, -0.1) is 0 Å². The Morgan fingerprint density at radius 3 is 2.52 bits per heavy atom. The first-order valence-corrected chi connectivity index (χ1v) is 13.0. The Balaban J connectivity index is 1.48. The van der Waals surface area contributed by atoms with E-state index < -0.39 is 0 Å². The predicted octanol–water partition coefficient (Wildman–Crippen LogP) is 8.04. The first kappa shape index (κ1) is 21.9. The average Bonchev–Trinajstić information content (AvgIpc) is 3.04. The number of hydrogen-bond acceptors (Lipinski definition) is 1. The van der Waals surface area contributed by atoms with Gasteiger partial charge in [0, 0.05) is 7.11 Å². The molecule has 29 heavy (non-hydrogen) atoms. The highest BCUT2D eigenvalue weighted by Crippen LogP contribution is 2.67. The highest BCUT2D eigenvalue weighted by Gasteiger charge is 2.59. The molecule has 3 fully saturated rings. The summed E-state index contributed by atoms with van der Waals surface area (Å²) in [7, 11) is 1.91. The topological polar surface area (TPSA) is 9.23 Å². The molecule has 4 aliphatic rings. The van der Waals surface area contributed by atoms with Crippen LogP contribution >= 0.6 is 0 Å². The number of allylic oxidation sites excluding steroid dienone is 1. The summed E-state index contributed by atoms with van der Waals surface area (Å²) in [5.74, 6) is 5.63. The van der Waals surface area contributed by atoms with E-state index >= 15 is 0 Å². The van der Waals surface area contributed by atoms with E-state index in [0.717, 1.165) is 35.5 Å². The van der Waals surface area contributed by atoms with Gasteiger partial charge in [0.05, 0.1) is 6.10 Å². The van der Waals surface area contributed by atoms with E-state index in [1.54, 1.807) is 5.57 Å². The van der Waals surface area contributed by atoms with Crippen molar-refractivity contribution in [1.82, 2.24) is 0 Å². The summed E-state index contributed by atoms with van der Waals surface area (Å²) in [4.78, 5) is 0. The molecule has 0 N–H and O–H groups in total. The van der Waals surface area contributed by atoms with Crippen LogP contribution in [0.2, 0.25) is 0 Å². The van der Waals surface area contributed by atoms with Gasteiger partial charge >= 0.3 is 0 Å². The Kier molecular flexibility index (Phi) is 6.29. The molecule has 0 spiro atoms. The lowest BCUT2D eigenvalue weighted by molar-refractivity contribution is -0.0601. The zero-order valence-electron chi connectivity index (χ0n) is 20.3. The molecule has 0 aliphatic heterocycles. The summed E-state index contributed by atoms with van der Waals surface area (Å²) in [5.41, 5.74) is 2.85. The number of hydrogen-bond donors (Lipinski definition) is 0. The maximum absolute atomic E-state index is 5.75. The Hall–Kier alpha value is -0.300. The molecule has 166 valence electrons. The van der Waals surface area contributed by atoms with Gasteiger partial charge in [-0.1, -0.05) is 65.5 Å². The lowest BCUT2D eigenvalue weighted by Crippen LogP contribution is -2.50. The summed E-state index contributed by atoms with van der Waals surface area (Å²) < 4.78 is 5.75. The molecule has 0 heterocycles. The first-order valence-electron chi connectivity index (χ1n) is 13.0. The molecular weight excluding hydrogens is 352 g/mol. The molecule has 4 rings (SSSR count). The van der Waals surface area contributed by atoms with E-state index in [1.165, 1.54) is 70.6 Å². The van der Waals surface area contributed by atoms with E-state index in [2.05, 4.69) is 40.7 Å². The quantitative estimate of drug-likeness (QED) is 0.410. The Bertz CT molecular complexity index is 605. The van der Waals surface area contributed by atoms with Crippen molar-refractivity contribution in [2.24, 2.45) is 46.3 Å². The van der Waals surface area contributed by atoms with Gasteiger partial charge in [0.25, 0.3) is 0 Å². The normalized spacial score (nSPS) is 45.3. The van der Waals surface area contributed by atoms with E-state index in [4.69, 9.17) is 4.74 Å². The van der Waals surface area contributed by atoms with Crippen molar-refractivity contribution in [3.05, 3.63) is 11.6 Å². The largest absolute Gasteiger partial charge is 0.381 e. The fourth-order valence-corrected chi connectivity index (χ4v) is 8.85. The molecule has 0 radical (unpaired) electrons. The summed E-state index contributed by atoms with van der Waals surface area (Å²) >= 11 is 0. The highest BCUT2D eigenvalue weighted by molar-refractivity contribution is 5.25. The van der Waals surface area contributed by atoms with E-state index in [1.807, 2.05) is 7.11 Å². The van der Waals surface area contributed by atoms with Crippen LogP contribution in [0, 0.1) is 46.3 Å². The zero-order valence-corrected chi connectivity index (χ0v) is 20.3. The second-order valence-corrected chi connectivity index (χ2v) is 12.4. The van der Waals surface area contributed by atoms with Gasteiger partial charge in [-0.2, -0.15) is 0 Å². The van der Waals surface area contributed by atoms with Crippen LogP contribution in [0.3, 0.4) is 0 Å². The van der Waals surface area contributed by atoms with Gasteiger partial charge in [0.1, 0.15) is 0 Å². The summed E-state index contributed by atoms with van der Waals surface area (Å²) in [5, 5.41) is 0. The van der Waals surface area contributed by atoms with E-state index in [9.17, 15) is 0 Å². The van der Waals surface area contributed by atoms with Crippen LogP contribution in [-0.4, -0.2) is 13.2 Å². The number of rotatable bonds is 6. The first-order chi connectivity index (χ1) is 13.8. The SMILES string of the molecule is COC1CC[C@@]2(C)C(=CC[C@H]3[C@@H]4CC[C@H]([C@H](C)CCCC(C)C)[C@@]4(C)CC[C@@H]32)C1. The van der Waals surface area contributed by atoms with Crippen molar-refractivity contribution in [2.75, 3.05) is 7.11 Å².